The number of sulfonamides is 1. The summed E-state index contributed by atoms with van der Waals surface area (Å²) in [6.07, 6.45) is 4.30. The molecule has 1 unspecified atom stereocenters. The van der Waals surface area contributed by atoms with Crippen LogP contribution in [-0.2, 0) is 26.2 Å². The fraction of sp³-hybridized carbons (Fsp3) is 0.412. The molecule has 44 heavy (non-hydrogen) atoms. The molecule has 3 aromatic carbocycles. The molecule has 4 rings (SSSR count). The van der Waals surface area contributed by atoms with Crippen molar-refractivity contribution in [3.05, 3.63) is 83.4 Å². The molecule has 0 bridgehead atoms. The van der Waals surface area contributed by atoms with Crippen LogP contribution in [0.5, 0.6) is 11.5 Å². The molecule has 1 fully saturated rings. The summed E-state index contributed by atoms with van der Waals surface area (Å²) in [5.74, 6) is -0.0883. The minimum atomic E-state index is -4.26. The highest BCUT2D eigenvalue weighted by atomic mass is 32.2. The summed E-state index contributed by atoms with van der Waals surface area (Å²) in [4.78, 5) is 29.6. The van der Waals surface area contributed by atoms with E-state index in [1.807, 2.05) is 45.0 Å². The first-order valence-electron chi connectivity index (χ1n) is 15.0. The van der Waals surface area contributed by atoms with Crippen molar-refractivity contribution in [2.24, 2.45) is 0 Å². The number of hydrogen-bond donors (Lipinski definition) is 1. The van der Waals surface area contributed by atoms with Gasteiger partial charge in [-0.05, 0) is 62.9 Å². The van der Waals surface area contributed by atoms with Gasteiger partial charge in [0.15, 0.2) is 0 Å². The Hall–Kier alpha value is -4.05. The van der Waals surface area contributed by atoms with E-state index in [4.69, 9.17) is 9.47 Å². The molecule has 1 N–H and O–H groups in total. The number of methoxy groups -OCH3 is 2. The molecule has 3 aromatic rings. The average molecular weight is 622 g/mol. The van der Waals surface area contributed by atoms with Gasteiger partial charge in [-0.25, -0.2) is 8.42 Å². The number of carbonyl (C=O) groups is 2. The molecule has 9 nitrogen and oxygen atoms in total. The number of hydrogen-bond acceptors (Lipinski definition) is 6. The topological polar surface area (TPSA) is 105 Å². The van der Waals surface area contributed by atoms with Gasteiger partial charge in [-0.3, -0.25) is 13.9 Å². The first-order valence-corrected chi connectivity index (χ1v) is 16.5. The summed E-state index contributed by atoms with van der Waals surface area (Å²) in [7, 11) is -1.34. The van der Waals surface area contributed by atoms with Crippen molar-refractivity contribution < 1.29 is 27.5 Å². The zero-order valence-electron chi connectivity index (χ0n) is 26.2. The van der Waals surface area contributed by atoms with Gasteiger partial charge in [-0.15, -0.1) is 0 Å². The summed E-state index contributed by atoms with van der Waals surface area (Å²) in [5.41, 5.74) is 2.91. The molecule has 10 heteroatoms. The van der Waals surface area contributed by atoms with Crippen molar-refractivity contribution in [2.75, 3.05) is 25.1 Å². The highest BCUT2D eigenvalue weighted by Crippen LogP contribution is 2.36. The average Bonchev–Trinajstić information content (AvgIpc) is 3.52. The van der Waals surface area contributed by atoms with E-state index in [0.717, 1.165) is 46.7 Å². The number of aryl methyl sites for hydroxylation is 2. The highest BCUT2D eigenvalue weighted by Gasteiger charge is 2.35. The summed E-state index contributed by atoms with van der Waals surface area (Å²) >= 11 is 0. The minimum absolute atomic E-state index is 0.0250. The Morgan fingerprint density at radius 3 is 2.25 bits per heavy atom. The molecule has 0 aliphatic heterocycles. The highest BCUT2D eigenvalue weighted by molar-refractivity contribution is 7.92. The zero-order valence-corrected chi connectivity index (χ0v) is 27.0. The van der Waals surface area contributed by atoms with Crippen molar-refractivity contribution in [1.82, 2.24) is 10.2 Å². The van der Waals surface area contributed by atoms with Crippen molar-refractivity contribution in [2.45, 2.75) is 76.4 Å². The van der Waals surface area contributed by atoms with E-state index in [9.17, 15) is 18.0 Å². The molecule has 0 heterocycles. The number of nitrogens with one attached hydrogen (secondary N) is 1. The van der Waals surface area contributed by atoms with Gasteiger partial charge >= 0.3 is 0 Å². The second-order valence-electron chi connectivity index (χ2n) is 11.3. The van der Waals surface area contributed by atoms with Crippen LogP contribution in [0.25, 0.3) is 0 Å². The first kappa shape index (κ1) is 32.9. The predicted octanol–water partition coefficient (Wildman–Crippen LogP) is 5.38. The summed E-state index contributed by atoms with van der Waals surface area (Å²) in [6, 6.07) is 18.3. The third-order valence-corrected chi connectivity index (χ3v) is 9.84. The Morgan fingerprint density at radius 2 is 1.64 bits per heavy atom. The van der Waals surface area contributed by atoms with Crippen molar-refractivity contribution in [3.63, 3.8) is 0 Å². The maximum absolute atomic E-state index is 14.4. The van der Waals surface area contributed by atoms with Gasteiger partial charge in [0.2, 0.25) is 11.8 Å². The van der Waals surface area contributed by atoms with E-state index in [-0.39, 0.29) is 34.8 Å². The number of anilines is 1. The molecular weight excluding hydrogens is 578 g/mol. The summed E-state index contributed by atoms with van der Waals surface area (Å²) in [5, 5.41) is 3.14. The number of nitrogens with zero attached hydrogens (tertiary/aromatic N) is 2. The Morgan fingerprint density at radius 1 is 0.932 bits per heavy atom. The van der Waals surface area contributed by atoms with Crippen LogP contribution in [-0.4, -0.2) is 58.0 Å². The maximum Gasteiger partial charge on any atom is 0.264 e. The number of amides is 2. The first-order chi connectivity index (χ1) is 21.1. The molecule has 1 aliphatic rings. The fourth-order valence-electron chi connectivity index (χ4n) is 5.64. The predicted molar refractivity (Wildman–Crippen MR) is 171 cm³/mol. The molecule has 1 saturated carbocycles. The van der Waals surface area contributed by atoms with Crippen LogP contribution in [0.1, 0.15) is 55.7 Å². The van der Waals surface area contributed by atoms with Gasteiger partial charge < -0.3 is 19.7 Å². The van der Waals surface area contributed by atoms with Crippen LogP contribution in [0.3, 0.4) is 0 Å². The number of rotatable bonds is 13. The molecule has 0 aromatic heterocycles. The maximum atomic E-state index is 14.4. The lowest BCUT2D eigenvalue weighted by Gasteiger charge is -2.34. The molecule has 2 amide bonds. The summed E-state index contributed by atoms with van der Waals surface area (Å²) < 4.78 is 40.5. The van der Waals surface area contributed by atoms with Crippen LogP contribution in [0.2, 0.25) is 0 Å². The molecule has 0 radical (unpaired) electrons. The van der Waals surface area contributed by atoms with E-state index in [1.54, 1.807) is 24.3 Å². The Balaban J connectivity index is 1.78. The number of ether oxygens (including phenoxy) is 2. The third kappa shape index (κ3) is 7.72. The monoisotopic (exact) mass is 621 g/mol. The van der Waals surface area contributed by atoms with Crippen LogP contribution >= 0.6 is 0 Å². The fourth-order valence-corrected chi connectivity index (χ4v) is 7.05. The molecule has 0 spiro atoms. The Kier molecular flexibility index (Phi) is 10.9. The molecular formula is C34H43N3O6S. The van der Waals surface area contributed by atoms with E-state index < -0.39 is 28.5 Å². The van der Waals surface area contributed by atoms with Crippen LogP contribution < -0.4 is 19.1 Å². The lowest BCUT2D eigenvalue weighted by molar-refractivity contribution is -0.140. The SMILES string of the molecule is CCC(C(=O)NC1CCCC1)N(Cc1cccc(C)c1)C(=O)CN(c1cc(OC)ccc1OC)S(=O)(=O)c1ccc(C)cc1. The second kappa shape index (κ2) is 14.6. The Labute approximate surface area is 261 Å². The van der Waals surface area contributed by atoms with E-state index in [2.05, 4.69) is 5.32 Å². The molecule has 0 saturated heterocycles. The molecule has 1 atom stereocenters. The minimum Gasteiger partial charge on any atom is -0.497 e. The normalized spacial score (nSPS) is 14.1. The smallest absolute Gasteiger partial charge is 0.264 e. The van der Waals surface area contributed by atoms with Gasteiger partial charge in [-0.1, -0.05) is 67.3 Å². The van der Waals surface area contributed by atoms with Gasteiger partial charge in [0.05, 0.1) is 24.8 Å². The summed E-state index contributed by atoms with van der Waals surface area (Å²) in [6.45, 7) is 5.28. The van der Waals surface area contributed by atoms with E-state index >= 15 is 0 Å². The van der Waals surface area contributed by atoms with Gasteiger partial charge in [0, 0.05) is 18.7 Å². The lowest BCUT2D eigenvalue weighted by atomic mass is 10.1. The number of benzene rings is 3. The van der Waals surface area contributed by atoms with Crippen LogP contribution in [0.4, 0.5) is 5.69 Å². The standard InChI is InChI=1S/C34H43N3O6S/c1-6-30(34(39)35-27-12-7-8-13-27)36(22-26-11-9-10-25(3)20-26)33(38)23-37(31-21-28(42-4)16-19-32(31)43-5)44(40,41)29-17-14-24(2)15-18-29/h9-11,14-21,27,30H,6-8,12-13,22-23H2,1-5H3,(H,35,39). The van der Waals surface area contributed by atoms with Gasteiger partial charge in [0.1, 0.15) is 24.1 Å². The van der Waals surface area contributed by atoms with Crippen LogP contribution in [0, 0.1) is 13.8 Å². The van der Waals surface area contributed by atoms with Crippen LogP contribution in [0.15, 0.2) is 71.6 Å². The van der Waals surface area contributed by atoms with E-state index in [0.29, 0.717) is 12.2 Å². The third-order valence-electron chi connectivity index (χ3n) is 8.07. The van der Waals surface area contributed by atoms with Crippen molar-refractivity contribution >= 4 is 27.5 Å². The molecule has 1 aliphatic carbocycles. The quantitative estimate of drug-likeness (QED) is 0.275. The zero-order chi connectivity index (χ0) is 31.9. The van der Waals surface area contributed by atoms with Crippen molar-refractivity contribution in [3.8, 4) is 11.5 Å². The van der Waals surface area contributed by atoms with Gasteiger partial charge in [0.25, 0.3) is 10.0 Å². The largest absolute Gasteiger partial charge is 0.497 e. The Bertz CT molecular complexity index is 1550. The molecule has 236 valence electrons. The van der Waals surface area contributed by atoms with Crippen molar-refractivity contribution in [1.29, 1.82) is 0 Å². The second-order valence-corrected chi connectivity index (χ2v) is 13.1. The number of carbonyl (C=O) groups excluding carboxylic acids is 2. The lowest BCUT2D eigenvalue weighted by Crippen LogP contribution is -2.53. The van der Waals surface area contributed by atoms with E-state index in [1.165, 1.54) is 37.3 Å². The van der Waals surface area contributed by atoms with Gasteiger partial charge in [-0.2, -0.15) is 0 Å².